The maximum atomic E-state index is 11.7. The van der Waals surface area contributed by atoms with Crippen LogP contribution in [0.15, 0.2) is 0 Å². The van der Waals surface area contributed by atoms with E-state index in [1.54, 1.807) is 0 Å². The molecule has 0 aliphatic heterocycles. The van der Waals surface area contributed by atoms with Crippen molar-refractivity contribution in [1.82, 2.24) is 4.72 Å². The fraction of sp³-hybridized carbons (Fsp3) is 1.00. The smallest absolute Gasteiger partial charge is 0.136 e. The van der Waals surface area contributed by atoms with Crippen LogP contribution in [0.25, 0.3) is 0 Å². The minimum atomic E-state index is -0.947. The average Bonchev–Trinajstić information content (AvgIpc) is 2.54. The van der Waals surface area contributed by atoms with Crippen LogP contribution in [0.5, 0.6) is 0 Å². The summed E-state index contributed by atoms with van der Waals surface area (Å²) in [4.78, 5) is 0. The molecule has 1 unspecified atom stereocenters. The van der Waals surface area contributed by atoms with Gasteiger partial charge >= 0.3 is 0 Å². The summed E-state index contributed by atoms with van der Waals surface area (Å²) in [7, 11) is 0. The van der Waals surface area contributed by atoms with E-state index in [1.165, 1.54) is 0 Å². The fourth-order valence-electron chi connectivity index (χ4n) is 2.64. The Kier molecular flexibility index (Phi) is 3.05. The first-order valence-electron chi connectivity index (χ1n) is 5.73. The molecule has 0 radical (unpaired) electrons. The third-order valence-corrected chi connectivity index (χ3v) is 5.14. The molecule has 0 bridgehead atoms. The van der Waals surface area contributed by atoms with Crippen molar-refractivity contribution < 1.29 is 9.66 Å². The Hall–Kier alpha value is 0.230. The topological polar surface area (TPSA) is 55.3 Å². The van der Waals surface area contributed by atoms with Crippen molar-refractivity contribution in [2.45, 2.75) is 44.5 Å². The normalized spacial score (nSPS) is 41.4. The monoisotopic (exact) mass is 231 g/mol. The summed E-state index contributed by atoms with van der Waals surface area (Å²) in [5.74, 6) is 2.06. The number of hydrogen-bond donors (Lipinski definition) is 2. The van der Waals surface area contributed by atoms with Crippen LogP contribution in [0.1, 0.15) is 33.6 Å². The molecule has 0 saturated heterocycles. The van der Waals surface area contributed by atoms with E-state index in [-0.39, 0.29) is 10.9 Å². The molecule has 0 spiro atoms. The van der Waals surface area contributed by atoms with Crippen LogP contribution in [-0.2, 0) is 11.4 Å². The van der Waals surface area contributed by atoms with Crippen LogP contribution in [0, 0.1) is 17.8 Å². The molecule has 2 aliphatic rings. The molecule has 2 saturated carbocycles. The molecular weight excluding hydrogens is 210 g/mol. The second kappa shape index (κ2) is 3.91. The van der Waals surface area contributed by atoms with Crippen molar-refractivity contribution in [3.8, 4) is 0 Å². The van der Waals surface area contributed by atoms with Gasteiger partial charge in [0.1, 0.15) is 4.75 Å². The van der Waals surface area contributed by atoms with Crippen molar-refractivity contribution in [2.24, 2.45) is 17.8 Å². The lowest BCUT2D eigenvalue weighted by Gasteiger charge is -2.24. The zero-order valence-corrected chi connectivity index (χ0v) is 10.5. The third kappa shape index (κ3) is 2.49. The van der Waals surface area contributed by atoms with Crippen molar-refractivity contribution in [3.63, 3.8) is 0 Å². The Labute approximate surface area is 95.0 Å². The van der Waals surface area contributed by atoms with Crippen LogP contribution < -0.4 is 4.72 Å². The molecule has 2 rings (SSSR count). The summed E-state index contributed by atoms with van der Waals surface area (Å²) in [6.45, 7) is 6.79. The number of nitrogens with one attached hydrogen (secondary N) is 1. The van der Waals surface area contributed by atoms with Gasteiger partial charge in [-0.15, -0.1) is 4.72 Å². The van der Waals surface area contributed by atoms with Crippen LogP contribution >= 0.6 is 0 Å². The first-order chi connectivity index (χ1) is 6.89. The van der Waals surface area contributed by atoms with Gasteiger partial charge in [-0.05, 0) is 51.4 Å². The van der Waals surface area contributed by atoms with Gasteiger partial charge in [0.05, 0.1) is 6.10 Å². The Balaban J connectivity index is 1.69. The summed E-state index contributed by atoms with van der Waals surface area (Å²) >= 11 is -0.947. The Bertz CT molecular complexity index is 229. The molecule has 2 N–H and O–H groups in total. The van der Waals surface area contributed by atoms with E-state index in [4.69, 9.17) is 0 Å². The molecule has 15 heavy (non-hydrogen) atoms. The van der Waals surface area contributed by atoms with Crippen LogP contribution in [-0.4, -0.2) is 27.1 Å². The van der Waals surface area contributed by atoms with Gasteiger partial charge in [-0.2, -0.15) is 0 Å². The van der Waals surface area contributed by atoms with Crippen molar-refractivity contribution in [3.05, 3.63) is 0 Å². The van der Waals surface area contributed by atoms with Crippen molar-refractivity contribution in [2.75, 3.05) is 6.54 Å². The number of aliphatic hydroxyl groups is 1. The van der Waals surface area contributed by atoms with Crippen LogP contribution in [0.2, 0.25) is 0 Å². The van der Waals surface area contributed by atoms with E-state index in [2.05, 4.69) is 4.72 Å². The van der Waals surface area contributed by atoms with E-state index in [9.17, 15) is 9.66 Å². The number of hydrogen-bond acceptors (Lipinski definition) is 3. The zero-order chi connectivity index (χ0) is 11.2. The van der Waals surface area contributed by atoms with Gasteiger partial charge in [0.15, 0.2) is 0 Å². The standard InChI is InChI=1S/C11H21NO2S/c1-11(2,3)15(14)12-6-10-8-4-7(13)5-9(8)10/h7-10,12-13H,4-6H2,1-3H3/t7-,8+,9-,10-,15?. The Morgan fingerprint density at radius 3 is 2.33 bits per heavy atom. The Morgan fingerprint density at radius 2 is 1.87 bits per heavy atom. The largest absolute Gasteiger partial charge is 0.598 e. The lowest BCUT2D eigenvalue weighted by Crippen LogP contribution is -2.40. The second-order valence-corrected chi connectivity index (χ2v) is 7.90. The number of fused-ring (bicyclic) bond motifs is 1. The molecule has 88 valence electrons. The van der Waals surface area contributed by atoms with Gasteiger partial charge in [0, 0.05) is 17.9 Å². The SMILES string of the molecule is CC(C)(C)[S+]([O-])NC[C@@H]1[C@H]2C[C@@H](O)C[C@@H]12. The summed E-state index contributed by atoms with van der Waals surface area (Å²) in [5.41, 5.74) is 0. The molecule has 4 heteroatoms. The highest BCUT2D eigenvalue weighted by Crippen LogP contribution is 2.57. The Morgan fingerprint density at radius 1 is 1.33 bits per heavy atom. The van der Waals surface area contributed by atoms with Gasteiger partial charge in [0.2, 0.25) is 0 Å². The maximum Gasteiger partial charge on any atom is 0.136 e. The van der Waals surface area contributed by atoms with Gasteiger partial charge < -0.3 is 9.66 Å². The summed E-state index contributed by atoms with van der Waals surface area (Å²) in [5, 5.41) is 9.37. The molecular formula is C11H21NO2S. The lowest BCUT2D eigenvalue weighted by molar-refractivity contribution is 0.161. The fourth-order valence-corrected chi connectivity index (χ4v) is 3.42. The average molecular weight is 231 g/mol. The van der Waals surface area contributed by atoms with Gasteiger partial charge in [-0.3, -0.25) is 0 Å². The third-order valence-electron chi connectivity index (χ3n) is 3.60. The van der Waals surface area contributed by atoms with Gasteiger partial charge in [-0.25, -0.2) is 0 Å². The summed E-state index contributed by atoms with van der Waals surface area (Å²) < 4.78 is 14.7. The predicted molar refractivity (Wildman–Crippen MR) is 61.6 cm³/mol. The lowest BCUT2D eigenvalue weighted by atomic mass is 10.1. The molecule has 0 heterocycles. The minimum Gasteiger partial charge on any atom is -0.598 e. The molecule has 0 amide bonds. The zero-order valence-electron chi connectivity index (χ0n) is 9.69. The quantitative estimate of drug-likeness (QED) is 0.714. The minimum absolute atomic E-state index is 0.0654. The van der Waals surface area contributed by atoms with Crippen molar-refractivity contribution >= 4 is 11.4 Å². The van der Waals surface area contributed by atoms with E-state index < -0.39 is 11.4 Å². The number of rotatable bonds is 3. The summed E-state index contributed by atoms with van der Waals surface area (Å²) in [6, 6.07) is 0. The van der Waals surface area contributed by atoms with Crippen LogP contribution in [0.4, 0.5) is 0 Å². The first-order valence-corrected chi connectivity index (χ1v) is 6.88. The summed E-state index contributed by atoms with van der Waals surface area (Å²) in [6.07, 6.45) is 1.85. The molecule has 2 fully saturated rings. The highest BCUT2D eigenvalue weighted by atomic mass is 32.2. The van der Waals surface area contributed by atoms with Crippen molar-refractivity contribution in [1.29, 1.82) is 0 Å². The second-order valence-electron chi connectivity index (χ2n) is 5.85. The van der Waals surface area contributed by atoms with Crippen LogP contribution in [0.3, 0.4) is 0 Å². The first kappa shape index (κ1) is 11.7. The highest BCUT2D eigenvalue weighted by Gasteiger charge is 2.55. The molecule has 2 aliphatic carbocycles. The van der Waals surface area contributed by atoms with E-state index >= 15 is 0 Å². The van der Waals surface area contributed by atoms with Gasteiger partial charge in [-0.1, -0.05) is 0 Å². The van der Waals surface area contributed by atoms with E-state index in [1.807, 2.05) is 20.8 Å². The molecule has 3 nitrogen and oxygen atoms in total. The molecule has 5 atom stereocenters. The molecule has 0 aromatic rings. The van der Waals surface area contributed by atoms with Gasteiger partial charge in [0.25, 0.3) is 0 Å². The molecule has 0 aromatic heterocycles. The maximum absolute atomic E-state index is 11.7. The van der Waals surface area contributed by atoms with E-state index in [0.29, 0.717) is 17.8 Å². The van der Waals surface area contributed by atoms with E-state index in [0.717, 1.165) is 19.4 Å². The predicted octanol–water partition coefficient (Wildman–Crippen LogP) is 1.06. The number of aliphatic hydroxyl groups excluding tert-OH is 1. The molecule has 0 aromatic carbocycles. The highest BCUT2D eigenvalue weighted by molar-refractivity contribution is 7.90.